The monoisotopic (exact) mass is 282 g/mol. The molecule has 1 unspecified atom stereocenters. The third-order valence-electron chi connectivity index (χ3n) is 3.14. The van der Waals surface area contributed by atoms with Crippen molar-refractivity contribution in [3.63, 3.8) is 0 Å². The van der Waals surface area contributed by atoms with Gasteiger partial charge in [0.25, 0.3) is 5.69 Å². The van der Waals surface area contributed by atoms with Crippen molar-refractivity contribution in [2.24, 2.45) is 0 Å². The molecular weight excluding hydrogens is 268 g/mol. The number of rotatable bonds is 3. The number of nitro benzene ring substituents is 1. The van der Waals surface area contributed by atoms with Crippen LogP contribution in [0.5, 0.6) is 5.75 Å². The molecule has 1 aliphatic rings. The van der Waals surface area contributed by atoms with Crippen molar-refractivity contribution in [1.82, 2.24) is 0 Å². The van der Waals surface area contributed by atoms with Gasteiger partial charge in [-0.25, -0.2) is 0 Å². The number of phenolic OH excluding ortho intramolecular Hbond substituents is 1. The molecule has 7 heteroatoms. The fraction of sp³-hybridized carbons (Fsp3) is 0.417. The minimum absolute atomic E-state index is 0.181. The van der Waals surface area contributed by atoms with Crippen LogP contribution in [0, 0.1) is 10.1 Å². The fourth-order valence-corrected chi connectivity index (χ4v) is 3.16. The van der Waals surface area contributed by atoms with Gasteiger partial charge in [0.05, 0.1) is 21.4 Å². The van der Waals surface area contributed by atoms with Crippen LogP contribution in [0.1, 0.15) is 19.8 Å². The molecule has 1 amide bonds. The van der Waals surface area contributed by atoms with Crippen molar-refractivity contribution in [2.75, 3.05) is 11.1 Å². The Morgan fingerprint density at radius 2 is 2.32 bits per heavy atom. The van der Waals surface area contributed by atoms with Crippen LogP contribution in [0.25, 0.3) is 0 Å². The SMILES string of the molecule is CC1(C(=O)Nc2ccc([N+](=O)[O-])cc2O)CCCS1. The van der Waals surface area contributed by atoms with Gasteiger partial charge in [-0.2, -0.15) is 0 Å². The van der Waals surface area contributed by atoms with Crippen LogP contribution >= 0.6 is 11.8 Å². The first-order valence-electron chi connectivity index (χ1n) is 5.85. The molecule has 0 saturated carbocycles. The summed E-state index contributed by atoms with van der Waals surface area (Å²) in [7, 11) is 0. The molecule has 19 heavy (non-hydrogen) atoms. The number of nitrogens with zero attached hydrogens (tertiary/aromatic N) is 1. The normalized spacial score (nSPS) is 22.2. The van der Waals surface area contributed by atoms with Crippen molar-refractivity contribution in [1.29, 1.82) is 0 Å². The highest BCUT2D eigenvalue weighted by Crippen LogP contribution is 2.39. The van der Waals surface area contributed by atoms with E-state index in [0.717, 1.165) is 24.7 Å². The molecule has 0 aromatic heterocycles. The predicted molar refractivity (Wildman–Crippen MR) is 73.5 cm³/mol. The number of phenols is 1. The lowest BCUT2D eigenvalue weighted by atomic mass is 10.0. The Bertz CT molecular complexity index is 526. The van der Waals surface area contributed by atoms with E-state index in [0.29, 0.717) is 0 Å². The van der Waals surface area contributed by atoms with E-state index in [1.165, 1.54) is 12.1 Å². The molecule has 0 spiro atoms. The Kier molecular flexibility index (Phi) is 3.66. The Labute approximate surface area is 114 Å². The summed E-state index contributed by atoms with van der Waals surface area (Å²) in [5, 5.41) is 22.9. The van der Waals surface area contributed by atoms with Crippen LogP contribution < -0.4 is 5.32 Å². The van der Waals surface area contributed by atoms with Crippen LogP contribution in [0.15, 0.2) is 18.2 Å². The summed E-state index contributed by atoms with van der Waals surface area (Å²) < 4.78 is -0.492. The lowest BCUT2D eigenvalue weighted by Crippen LogP contribution is -2.34. The summed E-state index contributed by atoms with van der Waals surface area (Å²) in [4.78, 5) is 22.1. The molecule has 0 bridgehead atoms. The molecule has 1 aromatic rings. The maximum atomic E-state index is 12.1. The van der Waals surface area contributed by atoms with E-state index in [1.54, 1.807) is 11.8 Å². The number of non-ortho nitro benzene ring substituents is 1. The second-order valence-electron chi connectivity index (χ2n) is 4.60. The number of nitrogens with one attached hydrogen (secondary N) is 1. The second kappa shape index (κ2) is 5.08. The number of amides is 1. The average molecular weight is 282 g/mol. The zero-order chi connectivity index (χ0) is 14.0. The zero-order valence-corrected chi connectivity index (χ0v) is 11.2. The summed E-state index contributed by atoms with van der Waals surface area (Å²) in [5.74, 6) is 0.462. The van der Waals surface area contributed by atoms with Gasteiger partial charge in [0.2, 0.25) is 5.91 Å². The van der Waals surface area contributed by atoms with Gasteiger partial charge in [-0.1, -0.05) is 0 Å². The summed E-state index contributed by atoms with van der Waals surface area (Å²) in [6.45, 7) is 1.86. The Morgan fingerprint density at radius 1 is 1.58 bits per heavy atom. The molecule has 1 saturated heterocycles. The minimum atomic E-state index is -0.598. The Hall–Kier alpha value is -1.76. The van der Waals surface area contributed by atoms with E-state index < -0.39 is 9.67 Å². The van der Waals surface area contributed by atoms with Gasteiger partial charge >= 0.3 is 0 Å². The molecule has 6 nitrogen and oxygen atoms in total. The predicted octanol–water partition coefficient (Wildman–Crippen LogP) is 2.52. The first-order valence-corrected chi connectivity index (χ1v) is 6.84. The molecular formula is C12H14N2O4S. The van der Waals surface area contributed by atoms with Gasteiger partial charge in [-0.15, -0.1) is 11.8 Å². The van der Waals surface area contributed by atoms with E-state index in [9.17, 15) is 20.0 Å². The standard InChI is InChI=1S/C12H14N2O4S/c1-12(5-2-6-19-12)11(16)13-9-4-3-8(14(17)18)7-10(9)15/h3-4,7,15H,2,5-6H2,1H3,(H,13,16). The fourth-order valence-electron chi connectivity index (χ4n) is 1.95. The molecule has 102 valence electrons. The summed E-state index contributed by atoms with van der Waals surface area (Å²) >= 11 is 1.58. The van der Waals surface area contributed by atoms with Gasteiger partial charge in [-0.3, -0.25) is 14.9 Å². The molecule has 2 N–H and O–H groups in total. The molecule has 1 atom stereocenters. The number of hydrogen-bond acceptors (Lipinski definition) is 5. The molecule has 2 rings (SSSR count). The molecule has 0 radical (unpaired) electrons. The van der Waals surface area contributed by atoms with Crippen molar-refractivity contribution in [3.05, 3.63) is 28.3 Å². The van der Waals surface area contributed by atoms with Crippen molar-refractivity contribution < 1.29 is 14.8 Å². The van der Waals surface area contributed by atoms with Gasteiger partial charge < -0.3 is 10.4 Å². The minimum Gasteiger partial charge on any atom is -0.506 e. The maximum Gasteiger partial charge on any atom is 0.273 e. The molecule has 1 heterocycles. The molecule has 1 fully saturated rings. The second-order valence-corrected chi connectivity index (χ2v) is 6.19. The number of hydrogen-bond donors (Lipinski definition) is 2. The van der Waals surface area contributed by atoms with Gasteiger partial charge in [0.1, 0.15) is 5.75 Å². The smallest absolute Gasteiger partial charge is 0.273 e. The van der Waals surface area contributed by atoms with Gasteiger partial charge in [0, 0.05) is 6.07 Å². The molecule has 1 aromatic carbocycles. The number of anilines is 1. The Balaban J connectivity index is 2.15. The first kappa shape index (κ1) is 13.7. The summed E-state index contributed by atoms with van der Waals surface area (Å²) in [5.41, 5.74) is -0.0127. The van der Waals surface area contributed by atoms with Crippen LogP contribution in [0.4, 0.5) is 11.4 Å². The zero-order valence-electron chi connectivity index (χ0n) is 10.4. The van der Waals surface area contributed by atoms with Crippen LogP contribution in [0.2, 0.25) is 0 Å². The highest BCUT2D eigenvalue weighted by atomic mass is 32.2. The van der Waals surface area contributed by atoms with Crippen molar-refractivity contribution >= 4 is 29.0 Å². The van der Waals surface area contributed by atoms with Crippen LogP contribution in [-0.2, 0) is 4.79 Å². The maximum absolute atomic E-state index is 12.1. The number of carbonyl (C=O) groups is 1. The summed E-state index contributed by atoms with van der Waals surface area (Å²) in [6, 6.07) is 3.62. The Morgan fingerprint density at radius 3 is 2.84 bits per heavy atom. The van der Waals surface area contributed by atoms with Gasteiger partial charge in [0.15, 0.2) is 0 Å². The van der Waals surface area contributed by atoms with E-state index in [4.69, 9.17) is 0 Å². The number of carbonyl (C=O) groups excluding carboxylic acids is 1. The summed E-state index contributed by atoms with van der Waals surface area (Å²) in [6.07, 6.45) is 1.78. The molecule has 1 aliphatic heterocycles. The largest absolute Gasteiger partial charge is 0.506 e. The third kappa shape index (κ3) is 2.81. The lowest BCUT2D eigenvalue weighted by molar-refractivity contribution is -0.384. The van der Waals surface area contributed by atoms with E-state index in [1.807, 2.05) is 6.92 Å². The van der Waals surface area contributed by atoms with Crippen molar-refractivity contribution in [3.8, 4) is 5.75 Å². The van der Waals surface area contributed by atoms with Gasteiger partial charge in [-0.05, 0) is 31.6 Å². The topological polar surface area (TPSA) is 92.5 Å². The number of aromatic hydroxyl groups is 1. The number of benzene rings is 1. The third-order valence-corrected chi connectivity index (χ3v) is 4.66. The van der Waals surface area contributed by atoms with Crippen LogP contribution in [-0.4, -0.2) is 26.4 Å². The number of thioether (sulfide) groups is 1. The number of nitro groups is 1. The highest BCUT2D eigenvalue weighted by Gasteiger charge is 2.37. The average Bonchev–Trinajstić information content (AvgIpc) is 2.80. The molecule has 0 aliphatic carbocycles. The first-order chi connectivity index (χ1) is 8.92. The van der Waals surface area contributed by atoms with E-state index in [2.05, 4.69) is 5.32 Å². The van der Waals surface area contributed by atoms with E-state index in [-0.39, 0.29) is 23.0 Å². The van der Waals surface area contributed by atoms with Crippen LogP contribution in [0.3, 0.4) is 0 Å². The van der Waals surface area contributed by atoms with E-state index >= 15 is 0 Å². The quantitative estimate of drug-likeness (QED) is 0.505. The van der Waals surface area contributed by atoms with Crippen molar-refractivity contribution in [2.45, 2.75) is 24.5 Å². The lowest BCUT2D eigenvalue weighted by Gasteiger charge is -2.21. The highest BCUT2D eigenvalue weighted by molar-refractivity contribution is 8.01.